The van der Waals surface area contributed by atoms with Gasteiger partial charge in [-0.05, 0) is 38.0 Å². The number of hydrogen-bond donors (Lipinski definition) is 7. The average molecular weight is 593 g/mol. The van der Waals surface area contributed by atoms with Crippen LogP contribution in [0.15, 0.2) is 0 Å². The predicted octanol–water partition coefficient (Wildman–Crippen LogP) is -0.348. The standard InChI is InChI=1S/C28H48O13/c1-13-7-6-10-16(24(13)41-27-22(33)21(32)19(30)14(2)37-27)39-28-23(34)25(20(31)18(12-29)40-28)38-17(26(35)36)11-15-8-4-3-5-9-15/h13-25,27-34H,3-12H2,1-2H3,(H,35,36)/t13-,14-,16+,17-,18+,19+,20-,21+,22-,23+,24-,25-,27?,28+/m0/s1. The number of aliphatic hydroxyl groups is 6. The summed E-state index contributed by atoms with van der Waals surface area (Å²) >= 11 is 0. The van der Waals surface area contributed by atoms with Crippen LogP contribution < -0.4 is 0 Å². The number of aliphatic hydroxyl groups excluding tert-OH is 6. The van der Waals surface area contributed by atoms with Crippen molar-refractivity contribution in [3.8, 4) is 0 Å². The second kappa shape index (κ2) is 14.7. The van der Waals surface area contributed by atoms with Gasteiger partial charge in [0, 0.05) is 0 Å². The number of ether oxygens (including phenoxy) is 5. The van der Waals surface area contributed by atoms with Crippen LogP contribution in [0, 0.1) is 11.8 Å². The van der Waals surface area contributed by atoms with Crippen LogP contribution in [0.5, 0.6) is 0 Å². The maximum Gasteiger partial charge on any atom is 0.332 e. The Kier molecular flexibility index (Phi) is 11.8. The fraction of sp³-hybridized carbons (Fsp3) is 0.964. The molecule has 0 amide bonds. The Morgan fingerprint density at radius 2 is 1.46 bits per heavy atom. The minimum Gasteiger partial charge on any atom is -0.479 e. The van der Waals surface area contributed by atoms with Crippen molar-refractivity contribution >= 4 is 5.97 Å². The molecular formula is C28H48O13. The van der Waals surface area contributed by atoms with Crippen molar-refractivity contribution in [1.82, 2.24) is 0 Å². The molecule has 13 heteroatoms. The molecule has 7 N–H and O–H groups in total. The number of carboxylic acid groups (broad SMARTS) is 1. The summed E-state index contributed by atoms with van der Waals surface area (Å²) in [5, 5.41) is 72.6. The number of rotatable bonds is 10. The zero-order valence-corrected chi connectivity index (χ0v) is 23.8. The Balaban J connectivity index is 1.46. The first-order valence-electron chi connectivity index (χ1n) is 15.0. The number of carboxylic acids is 1. The summed E-state index contributed by atoms with van der Waals surface area (Å²) in [5.74, 6) is -1.11. The largest absolute Gasteiger partial charge is 0.479 e. The molecule has 1 unspecified atom stereocenters. The molecule has 41 heavy (non-hydrogen) atoms. The van der Waals surface area contributed by atoms with Gasteiger partial charge in [-0.15, -0.1) is 0 Å². The third-order valence-corrected chi connectivity index (χ3v) is 9.17. The molecule has 2 saturated heterocycles. The van der Waals surface area contributed by atoms with E-state index in [2.05, 4.69) is 0 Å². The van der Waals surface area contributed by atoms with E-state index in [0.29, 0.717) is 6.42 Å². The predicted molar refractivity (Wildman–Crippen MR) is 140 cm³/mol. The lowest BCUT2D eigenvalue weighted by Crippen LogP contribution is -2.63. The summed E-state index contributed by atoms with van der Waals surface area (Å²) in [6, 6.07) is 0. The second-order valence-corrected chi connectivity index (χ2v) is 12.2. The quantitative estimate of drug-likeness (QED) is 0.174. The highest BCUT2D eigenvalue weighted by atomic mass is 16.7. The van der Waals surface area contributed by atoms with Crippen molar-refractivity contribution in [1.29, 1.82) is 0 Å². The van der Waals surface area contributed by atoms with Crippen molar-refractivity contribution in [2.45, 2.75) is 151 Å². The van der Waals surface area contributed by atoms with Gasteiger partial charge < -0.3 is 59.4 Å². The maximum absolute atomic E-state index is 12.1. The van der Waals surface area contributed by atoms with Crippen LogP contribution in [-0.4, -0.2) is 128 Å². The highest BCUT2D eigenvalue weighted by molar-refractivity contribution is 5.72. The maximum atomic E-state index is 12.1. The summed E-state index contributed by atoms with van der Waals surface area (Å²) in [6.45, 7) is 2.87. The summed E-state index contributed by atoms with van der Waals surface area (Å²) in [7, 11) is 0. The van der Waals surface area contributed by atoms with Crippen LogP contribution in [0.4, 0.5) is 0 Å². The van der Waals surface area contributed by atoms with E-state index < -0.39 is 92.3 Å². The summed E-state index contributed by atoms with van der Waals surface area (Å²) in [4.78, 5) is 12.1. The topological polar surface area (TPSA) is 205 Å². The molecule has 14 atom stereocenters. The molecule has 2 heterocycles. The molecule has 13 nitrogen and oxygen atoms in total. The Labute approximate surface area is 240 Å². The van der Waals surface area contributed by atoms with E-state index in [9.17, 15) is 40.5 Å². The van der Waals surface area contributed by atoms with Crippen LogP contribution in [0.3, 0.4) is 0 Å². The van der Waals surface area contributed by atoms with Crippen molar-refractivity contribution in [3.05, 3.63) is 0 Å². The van der Waals surface area contributed by atoms with E-state index in [1.165, 1.54) is 0 Å². The smallest absolute Gasteiger partial charge is 0.332 e. The van der Waals surface area contributed by atoms with Crippen molar-refractivity contribution < 1.29 is 64.2 Å². The molecule has 0 bridgehead atoms. The van der Waals surface area contributed by atoms with E-state index in [1.807, 2.05) is 6.92 Å². The lowest BCUT2D eigenvalue weighted by Gasteiger charge is -2.47. The first-order valence-corrected chi connectivity index (χ1v) is 15.0. The van der Waals surface area contributed by atoms with Gasteiger partial charge in [0.05, 0.1) is 24.9 Å². The number of carbonyl (C=O) groups is 1. The molecule has 0 aromatic heterocycles. The van der Waals surface area contributed by atoms with E-state index in [-0.39, 0.29) is 18.3 Å². The van der Waals surface area contributed by atoms with Gasteiger partial charge >= 0.3 is 5.97 Å². The molecule has 2 aliphatic carbocycles. The molecule has 0 aromatic carbocycles. The van der Waals surface area contributed by atoms with Gasteiger partial charge in [-0.25, -0.2) is 4.79 Å². The fourth-order valence-corrected chi connectivity index (χ4v) is 6.61. The molecule has 4 rings (SSSR count). The SMILES string of the molecule is C[C@@H]1OC(O[C@H]2[C@@H](C)CCC[C@H]2O[C@@H]2O[C@H](CO)[C@H](O)[C@H](O[C@@H](CC3CCCCC3)C(=O)O)[C@H]2O)[C@@H](O)[C@H](O)[C@@H]1O. The first-order chi connectivity index (χ1) is 19.5. The van der Waals surface area contributed by atoms with Crippen LogP contribution in [-0.2, 0) is 28.5 Å². The fourth-order valence-electron chi connectivity index (χ4n) is 6.61. The molecule has 4 aliphatic rings. The normalized spacial score (nSPS) is 45.3. The summed E-state index contributed by atoms with van der Waals surface area (Å²) in [6.07, 6.45) is -8.71. The van der Waals surface area contributed by atoms with E-state index in [0.717, 1.165) is 44.9 Å². The molecule has 238 valence electrons. The Hall–Kier alpha value is -0.970. The minimum atomic E-state index is -1.58. The van der Waals surface area contributed by atoms with Gasteiger partial charge in [0.2, 0.25) is 0 Å². The third kappa shape index (κ3) is 7.76. The number of hydrogen-bond acceptors (Lipinski definition) is 12. The van der Waals surface area contributed by atoms with Crippen LogP contribution in [0.1, 0.15) is 71.6 Å². The van der Waals surface area contributed by atoms with Crippen LogP contribution in [0.25, 0.3) is 0 Å². The zero-order valence-electron chi connectivity index (χ0n) is 23.8. The molecule has 0 spiro atoms. The average Bonchev–Trinajstić information content (AvgIpc) is 2.95. The molecule has 4 fully saturated rings. The lowest BCUT2D eigenvalue weighted by atomic mass is 9.85. The highest BCUT2D eigenvalue weighted by Crippen LogP contribution is 2.36. The summed E-state index contributed by atoms with van der Waals surface area (Å²) < 4.78 is 29.5. The van der Waals surface area contributed by atoms with Gasteiger partial charge in [-0.3, -0.25) is 0 Å². The van der Waals surface area contributed by atoms with Gasteiger partial charge in [0.15, 0.2) is 18.7 Å². The highest BCUT2D eigenvalue weighted by Gasteiger charge is 2.50. The molecule has 2 aliphatic heterocycles. The Morgan fingerprint density at radius 3 is 2.12 bits per heavy atom. The van der Waals surface area contributed by atoms with E-state index in [4.69, 9.17) is 23.7 Å². The first kappa shape index (κ1) is 32.9. The van der Waals surface area contributed by atoms with Crippen molar-refractivity contribution in [2.75, 3.05) is 6.61 Å². The second-order valence-electron chi connectivity index (χ2n) is 12.2. The van der Waals surface area contributed by atoms with Crippen LogP contribution >= 0.6 is 0 Å². The Bertz CT molecular complexity index is 825. The van der Waals surface area contributed by atoms with Gasteiger partial charge in [0.1, 0.15) is 42.7 Å². The molecular weight excluding hydrogens is 544 g/mol. The third-order valence-electron chi connectivity index (χ3n) is 9.17. The van der Waals surface area contributed by atoms with Gasteiger partial charge in [-0.1, -0.05) is 45.4 Å². The number of aliphatic carboxylic acids is 1. The minimum absolute atomic E-state index is 0.0808. The van der Waals surface area contributed by atoms with Gasteiger partial charge in [0.25, 0.3) is 0 Å². The summed E-state index contributed by atoms with van der Waals surface area (Å²) in [5.41, 5.74) is 0. The van der Waals surface area contributed by atoms with Gasteiger partial charge in [-0.2, -0.15) is 0 Å². The molecule has 0 aromatic rings. The van der Waals surface area contributed by atoms with Crippen molar-refractivity contribution in [3.63, 3.8) is 0 Å². The Morgan fingerprint density at radius 1 is 0.780 bits per heavy atom. The molecule has 0 radical (unpaired) electrons. The lowest BCUT2D eigenvalue weighted by molar-refractivity contribution is -0.348. The van der Waals surface area contributed by atoms with E-state index in [1.54, 1.807) is 6.92 Å². The monoisotopic (exact) mass is 592 g/mol. The molecule has 2 saturated carbocycles. The van der Waals surface area contributed by atoms with Crippen molar-refractivity contribution in [2.24, 2.45) is 11.8 Å². The zero-order chi connectivity index (χ0) is 29.8. The van der Waals surface area contributed by atoms with Crippen LogP contribution in [0.2, 0.25) is 0 Å². The van der Waals surface area contributed by atoms with E-state index >= 15 is 0 Å².